The molecule has 1 aromatic rings. The van der Waals surface area contributed by atoms with E-state index in [2.05, 4.69) is 0 Å². The first-order valence-electron chi connectivity index (χ1n) is 6.91. The van der Waals surface area contributed by atoms with Crippen LogP contribution in [0, 0.1) is 0 Å². The second kappa shape index (κ2) is 7.64. The molecule has 6 nitrogen and oxygen atoms in total. The molecule has 21 heavy (non-hydrogen) atoms. The van der Waals surface area contributed by atoms with Gasteiger partial charge in [0.15, 0.2) is 0 Å². The minimum absolute atomic E-state index is 0.0199. The molecule has 0 aliphatic carbocycles. The van der Waals surface area contributed by atoms with Crippen molar-refractivity contribution in [2.45, 2.75) is 26.4 Å². The van der Waals surface area contributed by atoms with Crippen LogP contribution in [-0.2, 0) is 16.1 Å². The summed E-state index contributed by atoms with van der Waals surface area (Å²) in [6.07, 6.45) is 0. The van der Waals surface area contributed by atoms with E-state index in [0.717, 1.165) is 5.56 Å². The molecule has 4 N–H and O–H groups in total. The molecule has 0 spiro atoms. The summed E-state index contributed by atoms with van der Waals surface area (Å²) in [5.74, 6) is -0.523. The van der Waals surface area contributed by atoms with E-state index in [1.165, 1.54) is 0 Å². The Morgan fingerprint density at radius 3 is 2.33 bits per heavy atom. The zero-order valence-corrected chi connectivity index (χ0v) is 12.9. The molecule has 0 radical (unpaired) electrons. The number of para-hydroxylation sites is 1. The Morgan fingerprint density at radius 1 is 1.19 bits per heavy atom. The molecular formula is C15H24N4O2. The molecule has 116 valence electrons. The van der Waals surface area contributed by atoms with Crippen molar-refractivity contribution in [3.8, 4) is 0 Å². The molecule has 0 saturated heterocycles. The van der Waals surface area contributed by atoms with Crippen LogP contribution in [0.2, 0.25) is 0 Å². The molecular weight excluding hydrogens is 268 g/mol. The number of hydrogen-bond donors (Lipinski definition) is 2. The van der Waals surface area contributed by atoms with Crippen LogP contribution in [0.1, 0.15) is 19.4 Å². The number of rotatable bonds is 7. The van der Waals surface area contributed by atoms with E-state index < -0.39 is 5.91 Å². The van der Waals surface area contributed by atoms with Crippen LogP contribution in [0.15, 0.2) is 24.3 Å². The molecule has 2 amide bonds. The smallest absolute Gasteiger partial charge is 0.236 e. The number of carbonyl (C=O) groups excluding carboxylic acids is 2. The van der Waals surface area contributed by atoms with Crippen molar-refractivity contribution in [1.82, 2.24) is 9.80 Å². The van der Waals surface area contributed by atoms with Gasteiger partial charge in [0.25, 0.3) is 0 Å². The van der Waals surface area contributed by atoms with Crippen molar-refractivity contribution in [2.24, 2.45) is 5.73 Å². The Bertz CT molecular complexity index is 502. The van der Waals surface area contributed by atoms with Gasteiger partial charge in [0.05, 0.1) is 13.1 Å². The first-order chi connectivity index (χ1) is 9.81. The first kappa shape index (κ1) is 17.0. The van der Waals surface area contributed by atoms with E-state index >= 15 is 0 Å². The average Bonchev–Trinajstić information content (AvgIpc) is 2.39. The standard InChI is InChI=1S/C15H24N4O2/c1-11(2)18(3)15(21)10-19(9-14(17)20)8-12-6-4-5-7-13(12)16/h4-7,11H,8-10,16H2,1-3H3,(H2,17,20). The molecule has 0 bridgehead atoms. The van der Waals surface area contributed by atoms with E-state index in [0.29, 0.717) is 12.2 Å². The van der Waals surface area contributed by atoms with Crippen molar-refractivity contribution < 1.29 is 9.59 Å². The summed E-state index contributed by atoms with van der Waals surface area (Å²) < 4.78 is 0. The Balaban J connectivity index is 2.79. The summed E-state index contributed by atoms with van der Waals surface area (Å²) in [6, 6.07) is 7.49. The third kappa shape index (κ3) is 5.43. The fraction of sp³-hybridized carbons (Fsp3) is 0.467. The van der Waals surface area contributed by atoms with Crippen molar-refractivity contribution in [3.63, 3.8) is 0 Å². The van der Waals surface area contributed by atoms with Crippen LogP contribution in [0.5, 0.6) is 0 Å². The number of nitrogens with zero attached hydrogens (tertiary/aromatic N) is 2. The van der Waals surface area contributed by atoms with Gasteiger partial charge in [-0.3, -0.25) is 14.5 Å². The highest BCUT2D eigenvalue weighted by molar-refractivity contribution is 5.80. The number of likely N-dealkylation sites (N-methyl/N-ethyl adjacent to an activating group) is 1. The van der Waals surface area contributed by atoms with Gasteiger partial charge in [0.2, 0.25) is 11.8 Å². The number of primary amides is 1. The Labute approximate surface area is 125 Å². The van der Waals surface area contributed by atoms with Crippen LogP contribution in [0.4, 0.5) is 5.69 Å². The fourth-order valence-electron chi connectivity index (χ4n) is 1.90. The normalized spacial score (nSPS) is 10.9. The van der Waals surface area contributed by atoms with Crippen molar-refractivity contribution >= 4 is 17.5 Å². The molecule has 1 rings (SSSR count). The summed E-state index contributed by atoms with van der Waals surface area (Å²) in [6.45, 7) is 4.43. The van der Waals surface area contributed by atoms with Crippen LogP contribution < -0.4 is 11.5 Å². The van der Waals surface area contributed by atoms with Gasteiger partial charge in [-0.25, -0.2) is 0 Å². The van der Waals surface area contributed by atoms with Crippen LogP contribution in [0.3, 0.4) is 0 Å². The maximum Gasteiger partial charge on any atom is 0.236 e. The summed E-state index contributed by atoms with van der Waals surface area (Å²) in [5, 5.41) is 0. The predicted octanol–water partition coefficient (Wildman–Crippen LogP) is 0.423. The maximum absolute atomic E-state index is 12.2. The van der Waals surface area contributed by atoms with Crippen LogP contribution in [-0.4, -0.2) is 47.8 Å². The van der Waals surface area contributed by atoms with Crippen molar-refractivity contribution in [2.75, 3.05) is 25.9 Å². The number of anilines is 1. The number of nitrogens with two attached hydrogens (primary N) is 2. The fourth-order valence-corrected chi connectivity index (χ4v) is 1.90. The molecule has 0 aliphatic rings. The van der Waals surface area contributed by atoms with Crippen molar-refractivity contribution in [1.29, 1.82) is 0 Å². The summed E-state index contributed by atoms with van der Waals surface area (Å²) in [5.41, 5.74) is 12.7. The highest BCUT2D eigenvalue weighted by atomic mass is 16.2. The molecule has 0 aliphatic heterocycles. The lowest BCUT2D eigenvalue weighted by Gasteiger charge is -2.26. The van der Waals surface area contributed by atoms with E-state index in [1.54, 1.807) is 22.9 Å². The van der Waals surface area contributed by atoms with Gasteiger partial charge in [0, 0.05) is 25.3 Å². The van der Waals surface area contributed by atoms with Gasteiger partial charge in [-0.2, -0.15) is 0 Å². The number of nitrogen functional groups attached to an aromatic ring is 1. The molecule has 0 unspecified atom stereocenters. The molecule has 6 heteroatoms. The zero-order chi connectivity index (χ0) is 16.0. The van der Waals surface area contributed by atoms with E-state index in [-0.39, 0.29) is 25.0 Å². The monoisotopic (exact) mass is 292 g/mol. The second-order valence-corrected chi connectivity index (χ2v) is 5.41. The number of hydrogen-bond acceptors (Lipinski definition) is 4. The molecule has 0 atom stereocenters. The van der Waals surface area contributed by atoms with Crippen molar-refractivity contribution in [3.05, 3.63) is 29.8 Å². The van der Waals surface area contributed by atoms with Gasteiger partial charge < -0.3 is 16.4 Å². The highest BCUT2D eigenvalue weighted by Gasteiger charge is 2.18. The maximum atomic E-state index is 12.2. The van der Waals surface area contributed by atoms with E-state index in [1.807, 2.05) is 32.0 Å². The van der Waals surface area contributed by atoms with Gasteiger partial charge in [-0.15, -0.1) is 0 Å². The quantitative estimate of drug-likeness (QED) is 0.712. The molecule has 0 aromatic heterocycles. The minimum Gasteiger partial charge on any atom is -0.398 e. The number of benzene rings is 1. The first-order valence-corrected chi connectivity index (χ1v) is 6.91. The Hall–Kier alpha value is -2.08. The zero-order valence-electron chi connectivity index (χ0n) is 12.9. The Morgan fingerprint density at radius 2 is 1.81 bits per heavy atom. The minimum atomic E-state index is -0.468. The second-order valence-electron chi connectivity index (χ2n) is 5.41. The topological polar surface area (TPSA) is 92.7 Å². The molecule has 0 fully saturated rings. The van der Waals surface area contributed by atoms with E-state index in [9.17, 15) is 9.59 Å². The van der Waals surface area contributed by atoms with Gasteiger partial charge >= 0.3 is 0 Å². The lowest BCUT2D eigenvalue weighted by Crippen LogP contribution is -2.43. The largest absolute Gasteiger partial charge is 0.398 e. The van der Waals surface area contributed by atoms with Gasteiger partial charge in [0.1, 0.15) is 0 Å². The third-order valence-electron chi connectivity index (χ3n) is 3.36. The number of carbonyl (C=O) groups is 2. The predicted molar refractivity (Wildman–Crippen MR) is 83.2 cm³/mol. The average molecular weight is 292 g/mol. The lowest BCUT2D eigenvalue weighted by atomic mass is 10.1. The van der Waals surface area contributed by atoms with Crippen LogP contribution in [0.25, 0.3) is 0 Å². The molecule has 0 saturated carbocycles. The molecule has 0 heterocycles. The third-order valence-corrected chi connectivity index (χ3v) is 3.36. The SMILES string of the molecule is CC(C)N(C)C(=O)CN(CC(N)=O)Cc1ccccc1N. The molecule has 1 aromatic carbocycles. The van der Waals surface area contributed by atoms with Gasteiger partial charge in [-0.05, 0) is 25.5 Å². The van der Waals surface area contributed by atoms with E-state index in [4.69, 9.17) is 11.5 Å². The summed E-state index contributed by atoms with van der Waals surface area (Å²) >= 11 is 0. The van der Waals surface area contributed by atoms with Gasteiger partial charge in [-0.1, -0.05) is 18.2 Å². The summed E-state index contributed by atoms with van der Waals surface area (Å²) in [7, 11) is 1.74. The highest BCUT2D eigenvalue weighted by Crippen LogP contribution is 2.13. The van der Waals surface area contributed by atoms with Crippen LogP contribution >= 0.6 is 0 Å². The number of amides is 2. The Kier molecular flexibility index (Phi) is 6.17. The lowest BCUT2D eigenvalue weighted by molar-refractivity contribution is -0.133. The summed E-state index contributed by atoms with van der Waals surface area (Å²) in [4.78, 5) is 26.7.